The molecule has 82 valence electrons. The third-order valence-electron chi connectivity index (χ3n) is 2.60. The van der Waals surface area contributed by atoms with Crippen molar-refractivity contribution in [3.8, 4) is 0 Å². The standard InChI is InChI=1S/C10H15N3OS/c1-15-10-8-4-2-3-7(8)9(12-13-10)11-5-6-14/h14H,2-6H2,1H3,(H,11,12). The van der Waals surface area contributed by atoms with Crippen molar-refractivity contribution >= 4 is 17.6 Å². The number of nitrogens with one attached hydrogen (secondary N) is 1. The second-order valence-electron chi connectivity index (χ2n) is 3.52. The molecule has 0 amide bonds. The molecular formula is C10H15N3OS. The van der Waals surface area contributed by atoms with Gasteiger partial charge in [0.1, 0.15) is 5.03 Å². The van der Waals surface area contributed by atoms with Crippen molar-refractivity contribution in [1.29, 1.82) is 0 Å². The van der Waals surface area contributed by atoms with Crippen molar-refractivity contribution in [2.75, 3.05) is 24.7 Å². The van der Waals surface area contributed by atoms with Gasteiger partial charge in [-0.05, 0) is 31.1 Å². The average Bonchev–Trinajstić information content (AvgIpc) is 2.74. The van der Waals surface area contributed by atoms with E-state index >= 15 is 0 Å². The number of rotatable bonds is 4. The van der Waals surface area contributed by atoms with Crippen LogP contribution in [0, 0.1) is 0 Å². The number of aliphatic hydroxyl groups excluding tert-OH is 1. The molecule has 1 aliphatic rings. The van der Waals surface area contributed by atoms with Gasteiger partial charge in [-0.25, -0.2) is 0 Å². The number of thioether (sulfide) groups is 1. The summed E-state index contributed by atoms with van der Waals surface area (Å²) in [4.78, 5) is 0. The number of hydrogen-bond acceptors (Lipinski definition) is 5. The van der Waals surface area contributed by atoms with E-state index in [1.54, 1.807) is 11.8 Å². The van der Waals surface area contributed by atoms with E-state index in [1.807, 2.05) is 6.26 Å². The van der Waals surface area contributed by atoms with Crippen LogP contribution in [-0.4, -0.2) is 34.7 Å². The highest BCUT2D eigenvalue weighted by atomic mass is 32.2. The smallest absolute Gasteiger partial charge is 0.152 e. The predicted molar refractivity (Wildman–Crippen MR) is 61.4 cm³/mol. The van der Waals surface area contributed by atoms with E-state index in [1.165, 1.54) is 17.5 Å². The molecule has 0 spiro atoms. The summed E-state index contributed by atoms with van der Waals surface area (Å²) in [5, 5.41) is 21.3. The van der Waals surface area contributed by atoms with Gasteiger partial charge in [-0.15, -0.1) is 22.0 Å². The molecule has 0 saturated carbocycles. The van der Waals surface area contributed by atoms with Crippen molar-refractivity contribution in [3.63, 3.8) is 0 Å². The predicted octanol–water partition coefficient (Wildman–Crippen LogP) is 1.09. The van der Waals surface area contributed by atoms with Crippen molar-refractivity contribution in [2.24, 2.45) is 0 Å². The third kappa shape index (κ3) is 2.08. The highest BCUT2D eigenvalue weighted by Crippen LogP contribution is 2.32. The molecule has 1 aromatic heterocycles. The number of nitrogens with zero attached hydrogens (tertiary/aromatic N) is 2. The van der Waals surface area contributed by atoms with Gasteiger partial charge in [-0.1, -0.05) is 0 Å². The fourth-order valence-electron chi connectivity index (χ4n) is 1.94. The van der Waals surface area contributed by atoms with Crippen LogP contribution in [0.1, 0.15) is 17.5 Å². The van der Waals surface area contributed by atoms with Crippen LogP contribution in [0.15, 0.2) is 5.03 Å². The second-order valence-corrected chi connectivity index (χ2v) is 4.31. The lowest BCUT2D eigenvalue weighted by Gasteiger charge is -2.10. The van der Waals surface area contributed by atoms with Crippen LogP contribution in [0.4, 0.5) is 5.82 Å². The van der Waals surface area contributed by atoms with E-state index in [0.29, 0.717) is 6.54 Å². The Hall–Kier alpha value is -0.810. The Morgan fingerprint density at radius 1 is 1.33 bits per heavy atom. The molecule has 0 unspecified atom stereocenters. The lowest BCUT2D eigenvalue weighted by molar-refractivity contribution is 0.311. The summed E-state index contributed by atoms with van der Waals surface area (Å²) in [5.41, 5.74) is 2.64. The van der Waals surface area contributed by atoms with Gasteiger partial charge in [0.05, 0.1) is 6.61 Å². The minimum absolute atomic E-state index is 0.126. The normalized spacial score (nSPS) is 14.0. The largest absolute Gasteiger partial charge is 0.395 e. The first kappa shape index (κ1) is 10.7. The lowest BCUT2D eigenvalue weighted by atomic mass is 10.2. The number of anilines is 1. The summed E-state index contributed by atoms with van der Waals surface area (Å²) in [6.45, 7) is 0.667. The maximum atomic E-state index is 8.76. The van der Waals surface area contributed by atoms with E-state index in [2.05, 4.69) is 15.5 Å². The molecule has 4 nitrogen and oxygen atoms in total. The highest BCUT2D eigenvalue weighted by Gasteiger charge is 2.20. The zero-order valence-corrected chi connectivity index (χ0v) is 9.60. The Balaban J connectivity index is 2.29. The van der Waals surface area contributed by atoms with Gasteiger partial charge in [-0.3, -0.25) is 0 Å². The van der Waals surface area contributed by atoms with Gasteiger partial charge in [-0.2, -0.15) is 0 Å². The molecule has 0 bridgehead atoms. The van der Waals surface area contributed by atoms with Gasteiger partial charge >= 0.3 is 0 Å². The van der Waals surface area contributed by atoms with Gasteiger partial charge < -0.3 is 10.4 Å². The molecule has 15 heavy (non-hydrogen) atoms. The molecule has 2 rings (SSSR count). The van der Waals surface area contributed by atoms with Crippen molar-refractivity contribution < 1.29 is 5.11 Å². The molecule has 1 aromatic rings. The van der Waals surface area contributed by atoms with Crippen LogP contribution < -0.4 is 5.32 Å². The highest BCUT2D eigenvalue weighted by molar-refractivity contribution is 7.98. The summed E-state index contributed by atoms with van der Waals surface area (Å²) >= 11 is 1.66. The minimum Gasteiger partial charge on any atom is -0.395 e. The number of fused-ring (bicyclic) bond motifs is 1. The SMILES string of the molecule is CSc1nnc(NCCO)c2c1CCC2. The summed E-state index contributed by atoms with van der Waals surface area (Å²) < 4.78 is 0. The molecule has 2 N–H and O–H groups in total. The van der Waals surface area contributed by atoms with E-state index in [-0.39, 0.29) is 6.61 Å². The van der Waals surface area contributed by atoms with E-state index in [9.17, 15) is 0 Å². The molecule has 1 aliphatic carbocycles. The maximum Gasteiger partial charge on any atom is 0.152 e. The topological polar surface area (TPSA) is 58.0 Å². The molecule has 0 saturated heterocycles. The summed E-state index contributed by atoms with van der Waals surface area (Å²) in [5.74, 6) is 0.856. The van der Waals surface area contributed by atoms with Gasteiger partial charge in [0.2, 0.25) is 0 Å². The molecule has 1 heterocycles. The Bertz CT molecular complexity index is 357. The Morgan fingerprint density at radius 2 is 2.13 bits per heavy atom. The third-order valence-corrected chi connectivity index (χ3v) is 3.32. The zero-order valence-electron chi connectivity index (χ0n) is 8.79. The first-order valence-corrected chi connectivity index (χ1v) is 6.36. The van der Waals surface area contributed by atoms with Crippen LogP contribution >= 0.6 is 11.8 Å². The van der Waals surface area contributed by atoms with Crippen LogP contribution in [0.2, 0.25) is 0 Å². The van der Waals surface area contributed by atoms with Crippen molar-refractivity contribution in [1.82, 2.24) is 10.2 Å². The van der Waals surface area contributed by atoms with Crippen LogP contribution in [0.25, 0.3) is 0 Å². The Labute approximate surface area is 93.5 Å². The average molecular weight is 225 g/mol. The molecule has 5 heteroatoms. The fourth-order valence-corrected chi connectivity index (χ4v) is 2.53. The Morgan fingerprint density at radius 3 is 2.87 bits per heavy atom. The van der Waals surface area contributed by atoms with Crippen LogP contribution in [-0.2, 0) is 12.8 Å². The quantitative estimate of drug-likeness (QED) is 0.751. The number of aliphatic hydroxyl groups is 1. The van der Waals surface area contributed by atoms with Gasteiger partial charge in [0.25, 0.3) is 0 Å². The minimum atomic E-state index is 0.126. The monoisotopic (exact) mass is 225 g/mol. The Kier molecular flexibility index (Phi) is 3.43. The van der Waals surface area contributed by atoms with Crippen LogP contribution in [0.5, 0.6) is 0 Å². The van der Waals surface area contributed by atoms with E-state index in [0.717, 1.165) is 23.7 Å². The van der Waals surface area contributed by atoms with Crippen LogP contribution in [0.3, 0.4) is 0 Å². The number of hydrogen-bond donors (Lipinski definition) is 2. The molecule has 0 atom stereocenters. The second kappa shape index (κ2) is 4.81. The van der Waals surface area contributed by atoms with Crippen molar-refractivity contribution in [3.05, 3.63) is 11.1 Å². The van der Waals surface area contributed by atoms with Gasteiger partial charge in [0.15, 0.2) is 5.82 Å². The van der Waals surface area contributed by atoms with Crippen molar-refractivity contribution in [2.45, 2.75) is 24.3 Å². The molecule has 0 radical (unpaired) electrons. The molecule has 0 aromatic carbocycles. The summed E-state index contributed by atoms with van der Waals surface area (Å²) in [7, 11) is 0. The molecule has 0 aliphatic heterocycles. The van der Waals surface area contributed by atoms with Gasteiger partial charge in [0, 0.05) is 12.1 Å². The fraction of sp³-hybridized carbons (Fsp3) is 0.600. The van der Waals surface area contributed by atoms with E-state index < -0.39 is 0 Å². The zero-order chi connectivity index (χ0) is 10.7. The maximum absolute atomic E-state index is 8.76. The summed E-state index contributed by atoms with van der Waals surface area (Å²) in [6.07, 6.45) is 5.40. The first-order valence-electron chi connectivity index (χ1n) is 5.14. The lowest BCUT2D eigenvalue weighted by Crippen LogP contribution is -2.10. The van der Waals surface area contributed by atoms with E-state index in [4.69, 9.17) is 5.11 Å². The first-order chi connectivity index (χ1) is 7.36. The number of aromatic nitrogens is 2. The molecular weight excluding hydrogens is 210 g/mol. The molecule has 0 fully saturated rings. The summed E-state index contributed by atoms with van der Waals surface area (Å²) in [6, 6.07) is 0.